The van der Waals surface area contributed by atoms with Crippen molar-refractivity contribution < 1.29 is 14.9 Å². The third-order valence-electron chi connectivity index (χ3n) is 3.08. The van der Waals surface area contributed by atoms with E-state index in [1.807, 2.05) is 17.5 Å². The largest absolute Gasteiger partial charge is 0.392 e. The van der Waals surface area contributed by atoms with E-state index in [1.54, 1.807) is 11.3 Å². The molecule has 0 saturated carbocycles. The fourth-order valence-electron chi connectivity index (χ4n) is 2.24. The maximum atomic E-state index is 9.87. The van der Waals surface area contributed by atoms with Crippen molar-refractivity contribution in [2.45, 2.75) is 31.7 Å². The van der Waals surface area contributed by atoms with Crippen molar-refractivity contribution in [3.8, 4) is 0 Å². The molecule has 2 rings (SSSR count). The molecule has 1 fully saturated rings. The van der Waals surface area contributed by atoms with Gasteiger partial charge in [-0.25, -0.2) is 0 Å². The summed E-state index contributed by atoms with van der Waals surface area (Å²) in [7, 11) is 0. The van der Waals surface area contributed by atoms with Crippen molar-refractivity contribution in [3.63, 3.8) is 0 Å². The quantitative estimate of drug-likeness (QED) is 0.813. The first kappa shape index (κ1) is 14.0. The van der Waals surface area contributed by atoms with Crippen LogP contribution in [0.1, 0.15) is 17.7 Å². The minimum atomic E-state index is -0.477. The van der Waals surface area contributed by atoms with Crippen LogP contribution in [0.2, 0.25) is 0 Å². The standard InChI is InChI=1S/C13H21NO3S/c15-11-3-1-5-14(7-11)8-12(16)9-17-10-13-4-2-6-18-13/h2,4,6,11-12,15-16H,1,3,5,7-10H2. The van der Waals surface area contributed by atoms with Crippen molar-refractivity contribution in [3.05, 3.63) is 22.4 Å². The Bertz CT molecular complexity index is 331. The molecule has 4 nitrogen and oxygen atoms in total. The molecule has 2 N–H and O–H groups in total. The lowest BCUT2D eigenvalue weighted by molar-refractivity contribution is -0.00682. The number of ether oxygens (including phenoxy) is 1. The molecule has 5 heteroatoms. The van der Waals surface area contributed by atoms with Gasteiger partial charge >= 0.3 is 0 Å². The Hall–Kier alpha value is -0.460. The summed E-state index contributed by atoms with van der Waals surface area (Å²) in [6.07, 6.45) is 1.17. The summed E-state index contributed by atoms with van der Waals surface area (Å²) in [5.41, 5.74) is 0. The highest BCUT2D eigenvalue weighted by atomic mass is 32.1. The van der Waals surface area contributed by atoms with Crippen LogP contribution >= 0.6 is 11.3 Å². The maximum Gasteiger partial charge on any atom is 0.0900 e. The van der Waals surface area contributed by atoms with Crippen LogP contribution in [0.15, 0.2) is 17.5 Å². The van der Waals surface area contributed by atoms with Gasteiger partial charge in [0.15, 0.2) is 0 Å². The Morgan fingerprint density at radius 2 is 2.44 bits per heavy atom. The molecule has 0 aliphatic carbocycles. The van der Waals surface area contributed by atoms with E-state index in [0.717, 1.165) is 19.4 Å². The minimum Gasteiger partial charge on any atom is -0.392 e. The summed E-state index contributed by atoms with van der Waals surface area (Å²) in [5.74, 6) is 0. The van der Waals surface area contributed by atoms with Crippen LogP contribution in [-0.4, -0.2) is 53.6 Å². The molecule has 0 radical (unpaired) electrons. The fraction of sp³-hybridized carbons (Fsp3) is 0.692. The van der Waals surface area contributed by atoms with E-state index in [1.165, 1.54) is 4.88 Å². The first-order valence-electron chi connectivity index (χ1n) is 6.42. The van der Waals surface area contributed by atoms with Crippen LogP contribution < -0.4 is 0 Å². The molecule has 102 valence electrons. The molecule has 1 aromatic rings. The number of rotatable bonds is 6. The first-order chi connectivity index (χ1) is 8.74. The summed E-state index contributed by atoms with van der Waals surface area (Å²) in [5, 5.41) is 21.4. The molecular weight excluding hydrogens is 250 g/mol. The number of aliphatic hydroxyl groups excluding tert-OH is 2. The molecule has 2 atom stereocenters. The Balaban J connectivity index is 1.61. The van der Waals surface area contributed by atoms with Gasteiger partial charge in [-0.1, -0.05) is 6.07 Å². The van der Waals surface area contributed by atoms with E-state index in [0.29, 0.717) is 26.3 Å². The molecule has 2 heterocycles. The number of nitrogens with zero attached hydrogens (tertiary/aromatic N) is 1. The molecule has 0 spiro atoms. The van der Waals surface area contributed by atoms with Gasteiger partial charge < -0.3 is 14.9 Å². The lowest BCUT2D eigenvalue weighted by Crippen LogP contribution is -2.43. The summed E-state index contributed by atoms with van der Waals surface area (Å²) in [6, 6.07) is 4.02. The van der Waals surface area contributed by atoms with Crippen molar-refractivity contribution in [1.29, 1.82) is 0 Å². The number of hydrogen-bond donors (Lipinski definition) is 2. The number of likely N-dealkylation sites (tertiary alicyclic amines) is 1. The average molecular weight is 271 g/mol. The Morgan fingerprint density at radius 1 is 1.56 bits per heavy atom. The second kappa shape index (κ2) is 7.21. The van der Waals surface area contributed by atoms with Crippen LogP contribution in [0.25, 0.3) is 0 Å². The normalized spacial score (nSPS) is 23.1. The van der Waals surface area contributed by atoms with E-state index in [-0.39, 0.29) is 6.10 Å². The summed E-state index contributed by atoms with van der Waals surface area (Å²) in [4.78, 5) is 3.28. The second-order valence-electron chi connectivity index (χ2n) is 4.80. The van der Waals surface area contributed by atoms with E-state index in [2.05, 4.69) is 4.90 Å². The molecule has 18 heavy (non-hydrogen) atoms. The van der Waals surface area contributed by atoms with Gasteiger partial charge in [0.05, 0.1) is 25.4 Å². The van der Waals surface area contributed by atoms with E-state index in [9.17, 15) is 10.2 Å². The van der Waals surface area contributed by atoms with Crippen molar-refractivity contribution in [2.75, 3.05) is 26.2 Å². The smallest absolute Gasteiger partial charge is 0.0900 e. The zero-order chi connectivity index (χ0) is 12.8. The summed E-state index contributed by atoms with van der Waals surface area (Å²) >= 11 is 1.66. The van der Waals surface area contributed by atoms with Crippen LogP contribution in [0.4, 0.5) is 0 Å². The highest BCUT2D eigenvalue weighted by Crippen LogP contribution is 2.11. The Morgan fingerprint density at radius 3 is 3.17 bits per heavy atom. The van der Waals surface area contributed by atoms with Crippen molar-refractivity contribution >= 4 is 11.3 Å². The summed E-state index contributed by atoms with van der Waals surface area (Å²) < 4.78 is 5.48. The number of aliphatic hydroxyl groups is 2. The molecule has 1 aliphatic heterocycles. The van der Waals surface area contributed by atoms with Crippen molar-refractivity contribution in [2.24, 2.45) is 0 Å². The topological polar surface area (TPSA) is 52.9 Å². The zero-order valence-corrected chi connectivity index (χ0v) is 11.3. The van der Waals surface area contributed by atoms with Crippen LogP contribution in [-0.2, 0) is 11.3 Å². The third-order valence-corrected chi connectivity index (χ3v) is 3.93. The zero-order valence-electron chi connectivity index (χ0n) is 10.5. The van der Waals surface area contributed by atoms with Gasteiger partial charge in [0, 0.05) is 18.0 Å². The molecule has 0 bridgehead atoms. The molecule has 1 aliphatic rings. The van der Waals surface area contributed by atoms with E-state index in [4.69, 9.17) is 4.74 Å². The lowest BCUT2D eigenvalue weighted by Gasteiger charge is -2.31. The number of thiophene rings is 1. The highest BCUT2D eigenvalue weighted by Gasteiger charge is 2.19. The van der Waals surface area contributed by atoms with Gasteiger partial charge in [-0.3, -0.25) is 4.90 Å². The predicted octanol–water partition coefficient (Wildman–Crippen LogP) is 1.08. The van der Waals surface area contributed by atoms with Crippen molar-refractivity contribution in [1.82, 2.24) is 4.90 Å². The second-order valence-corrected chi connectivity index (χ2v) is 5.84. The lowest BCUT2D eigenvalue weighted by atomic mass is 10.1. The monoisotopic (exact) mass is 271 g/mol. The molecule has 1 saturated heterocycles. The van der Waals surface area contributed by atoms with Gasteiger partial charge in [-0.05, 0) is 30.8 Å². The van der Waals surface area contributed by atoms with Gasteiger partial charge in [-0.2, -0.15) is 0 Å². The van der Waals surface area contributed by atoms with Crippen LogP contribution in [0.5, 0.6) is 0 Å². The number of β-amino-alcohol motifs (C(OH)–C–C–N with tert-alkyl or cyclic N) is 2. The minimum absolute atomic E-state index is 0.238. The molecule has 0 aromatic carbocycles. The van der Waals surface area contributed by atoms with Gasteiger partial charge in [0.25, 0.3) is 0 Å². The highest BCUT2D eigenvalue weighted by molar-refractivity contribution is 7.09. The molecule has 1 aromatic heterocycles. The predicted molar refractivity (Wildman–Crippen MR) is 71.7 cm³/mol. The summed E-state index contributed by atoms with van der Waals surface area (Å²) in [6.45, 7) is 3.13. The SMILES string of the molecule is OC1CCCN(CC(O)COCc2cccs2)C1. The Kier molecular flexibility index (Phi) is 5.59. The van der Waals surface area contributed by atoms with E-state index >= 15 is 0 Å². The number of hydrogen-bond acceptors (Lipinski definition) is 5. The van der Waals surface area contributed by atoms with Gasteiger partial charge in [0.2, 0.25) is 0 Å². The number of piperidine rings is 1. The molecule has 0 amide bonds. The third kappa shape index (κ3) is 4.66. The van der Waals surface area contributed by atoms with Gasteiger partial charge in [0.1, 0.15) is 0 Å². The van der Waals surface area contributed by atoms with E-state index < -0.39 is 6.10 Å². The molecular formula is C13H21NO3S. The average Bonchev–Trinajstić information content (AvgIpc) is 2.82. The first-order valence-corrected chi connectivity index (χ1v) is 7.30. The molecule has 2 unspecified atom stereocenters. The van der Waals surface area contributed by atoms with Crippen LogP contribution in [0, 0.1) is 0 Å². The Labute approximate surface area is 112 Å². The maximum absolute atomic E-state index is 9.87. The van der Waals surface area contributed by atoms with Crippen LogP contribution in [0.3, 0.4) is 0 Å². The van der Waals surface area contributed by atoms with Gasteiger partial charge in [-0.15, -0.1) is 11.3 Å². The fourth-order valence-corrected chi connectivity index (χ4v) is 2.88.